The number of carbonyl (C=O) groups excluding carboxylic acids is 1. The fourth-order valence-corrected chi connectivity index (χ4v) is 2.86. The van der Waals surface area contributed by atoms with Crippen LogP contribution in [0.4, 0.5) is 0 Å². The van der Waals surface area contributed by atoms with Crippen molar-refractivity contribution in [3.63, 3.8) is 0 Å². The van der Waals surface area contributed by atoms with Crippen LogP contribution in [-0.4, -0.2) is 17.6 Å². The van der Waals surface area contributed by atoms with Crippen LogP contribution >= 0.6 is 0 Å². The summed E-state index contributed by atoms with van der Waals surface area (Å²) < 4.78 is 0. The van der Waals surface area contributed by atoms with Crippen molar-refractivity contribution in [2.45, 2.75) is 38.7 Å². The fourth-order valence-electron chi connectivity index (χ4n) is 2.86. The van der Waals surface area contributed by atoms with E-state index in [1.54, 1.807) is 0 Å². The van der Waals surface area contributed by atoms with E-state index in [9.17, 15) is 9.90 Å². The lowest BCUT2D eigenvalue weighted by atomic mass is 9.89. The smallest absolute Gasteiger partial charge is 0.243 e. The van der Waals surface area contributed by atoms with Gasteiger partial charge in [-0.3, -0.25) is 9.63 Å². The maximum Gasteiger partial charge on any atom is 0.243 e. The molecule has 4 nitrogen and oxygen atoms in total. The highest BCUT2D eigenvalue weighted by molar-refractivity contribution is 5.75. The van der Waals surface area contributed by atoms with Crippen LogP contribution in [0.1, 0.15) is 37.7 Å². The van der Waals surface area contributed by atoms with E-state index in [-0.39, 0.29) is 18.4 Å². The molecule has 0 spiro atoms. The number of carbonyl (C=O) groups is 1. The van der Waals surface area contributed by atoms with Gasteiger partial charge in [-0.2, -0.15) is 0 Å². The minimum Gasteiger partial charge on any atom is -0.396 e. The number of amides is 1. The Hall–Kier alpha value is -1.39. The van der Waals surface area contributed by atoms with Crippen LogP contribution in [0.5, 0.6) is 0 Å². The molecule has 0 radical (unpaired) electrons. The highest BCUT2D eigenvalue weighted by atomic mass is 16.6. The Labute approximate surface area is 120 Å². The molecule has 1 aromatic carbocycles. The van der Waals surface area contributed by atoms with Crippen molar-refractivity contribution in [1.82, 2.24) is 5.48 Å². The van der Waals surface area contributed by atoms with Crippen molar-refractivity contribution >= 4 is 5.91 Å². The van der Waals surface area contributed by atoms with Gasteiger partial charge in [0, 0.05) is 13.0 Å². The lowest BCUT2D eigenvalue weighted by Crippen LogP contribution is -2.29. The van der Waals surface area contributed by atoms with Crippen molar-refractivity contribution in [3.05, 3.63) is 35.9 Å². The summed E-state index contributed by atoms with van der Waals surface area (Å²) in [7, 11) is 0. The summed E-state index contributed by atoms with van der Waals surface area (Å²) >= 11 is 0. The SMILES string of the molecule is O=C(CC(CO)C1CCCC1)NOCc1ccccc1. The Morgan fingerprint density at radius 2 is 2.00 bits per heavy atom. The first-order valence-corrected chi connectivity index (χ1v) is 7.35. The first kappa shape index (κ1) is 15.0. The summed E-state index contributed by atoms with van der Waals surface area (Å²) in [5, 5.41) is 9.42. The molecule has 0 aromatic heterocycles. The predicted octanol–water partition coefficient (Wildman–Crippen LogP) is 2.42. The second-order valence-electron chi connectivity index (χ2n) is 5.49. The van der Waals surface area contributed by atoms with Gasteiger partial charge < -0.3 is 5.11 Å². The number of hydroxylamine groups is 1. The zero-order chi connectivity index (χ0) is 14.2. The molecule has 0 aliphatic heterocycles. The van der Waals surface area contributed by atoms with Crippen molar-refractivity contribution in [1.29, 1.82) is 0 Å². The number of rotatable bonds is 7. The topological polar surface area (TPSA) is 58.6 Å². The van der Waals surface area contributed by atoms with Gasteiger partial charge in [-0.15, -0.1) is 0 Å². The molecule has 0 bridgehead atoms. The van der Waals surface area contributed by atoms with Gasteiger partial charge >= 0.3 is 0 Å². The maximum atomic E-state index is 11.8. The predicted molar refractivity (Wildman–Crippen MR) is 76.5 cm³/mol. The Kier molecular flexibility index (Phi) is 6.02. The number of hydrogen-bond acceptors (Lipinski definition) is 3. The minimum atomic E-state index is -0.146. The molecule has 4 heteroatoms. The first-order valence-electron chi connectivity index (χ1n) is 7.35. The monoisotopic (exact) mass is 277 g/mol. The van der Waals surface area contributed by atoms with Crippen LogP contribution in [0.3, 0.4) is 0 Å². The van der Waals surface area contributed by atoms with E-state index < -0.39 is 0 Å². The molecule has 1 aliphatic rings. The van der Waals surface area contributed by atoms with Crippen LogP contribution < -0.4 is 5.48 Å². The summed E-state index contributed by atoms with van der Waals surface area (Å²) in [4.78, 5) is 17.0. The first-order chi connectivity index (χ1) is 9.79. The van der Waals surface area contributed by atoms with Gasteiger partial charge in [-0.05, 0) is 17.4 Å². The number of aliphatic hydroxyl groups excluding tert-OH is 1. The number of aliphatic hydroxyl groups is 1. The third kappa shape index (κ3) is 4.62. The number of benzene rings is 1. The molecule has 1 unspecified atom stereocenters. The van der Waals surface area contributed by atoms with Gasteiger partial charge in [0.1, 0.15) is 0 Å². The van der Waals surface area contributed by atoms with Crippen molar-refractivity contribution in [2.75, 3.05) is 6.61 Å². The third-order valence-electron chi connectivity index (χ3n) is 4.02. The molecule has 1 amide bonds. The largest absolute Gasteiger partial charge is 0.396 e. The molecule has 1 aliphatic carbocycles. The van der Waals surface area contributed by atoms with E-state index in [2.05, 4.69) is 5.48 Å². The molecule has 1 fully saturated rings. The summed E-state index contributed by atoms with van der Waals surface area (Å²) in [5.41, 5.74) is 3.49. The molecule has 1 aromatic rings. The van der Waals surface area contributed by atoms with E-state index in [1.807, 2.05) is 30.3 Å². The quantitative estimate of drug-likeness (QED) is 0.753. The van der Waals surface area contributed by atoms with Crippen LogP contribution in [0, 0.1) is 11.8 Å². The average Bonchev–Trinajstić information content (AvgIpc) is 3.00. The average molecular weight is 277 g/mol. The molecule has 2 rings (SSSR count). The minimum absolute atomic E-state index is 0.0674. The molecule has 0 heterocycles. The number of nitrogens with one attached hydrogen (secondary N) is 1. The van der Waals surface area contributed by atoms with Crippen LogP contribution in [-0.2, 0) is 16.2 Å². The van der Waals surface area contributed by atoms with E-state index >= 15 is 0 Å². The normalized spacial score (nSPS) is 17.1. The highest BCUT2D eigenvalue weighted by Gasteiger charge is 2.26. The molecule has 110 valence electrons. The number of hydrogen-bond donors (Lipinski definition) is 2. The molecule has 1 atom stereocenters. The summed E-state index contributed by atoms with van der Waals surface area (Å²) in [6.45, 7) is 0.441. The molecular weight excluding hydrogens is 254 g/mol. The van der Waals surface area contributed by atoms with E-state index in [0.717, 1.165) is 18.4 Å². The van der Waals surface area contributed by atoms with Gasteiger partial charge in [-0.25, -0.2) is 5.48 Å². The van der Waals surface area contributed by atoms with Gasteiger partial charge in [0.2, 0.25) is 5.91 Å². The standard InChI is InChI=1S/C16H23NO3/c18-11-15(14-8-4-5-9-14)10-16(19)17-20-12-13-6-2-1-3-7-13/h1-3,6-7,14-15,18H,4-5,8-12H2,(H,17,19). The van der Waals surface area contributed by atoms with Crippen molar-refractivity contribution in [2.24, 2.45) is 11.8 Å². The molecule has 1 saturated carbocycles. The van der Waals surface area contributed by atoms with Gasteiger partial charge in [0.25, 0.3) is 0 Å². The van der Waals surface area contributed by atoms with Crippen LogP contribution in [0.15, 0.2) is 30.3 Å². The van der Waals surface area contributed by atoms with E-state index in [1.165, 1.54) is 12.8 Å². The van der Waals surface area contributed by atoms with Gasteiger partial charge in [0.15, 0.2) is 0 Å². The second-order valence-corrected chi connectivity index (χ2v) is 5.49. The van der Waals surface area contributed by atoms with Crippen LogP contribution in [0.25, 0.3) is 0 Å². The lowest BCUT2D eigenvalue weighted by Gasteiger charge is -2.20. The molecule has 0 saturated heterocycles. The highest BCUT2D eigenvalue weighted by Crippen LogP contribution is 2.32. The van der Waals surface area contributed by atoms with Gasteiger partial charge in [-0.1, -0.05) is 56.0 Å². The fraction of sp³-hybridized carbons (Fsp3) is 0.562. The summed E-state index contributed by atoms with van der Waals surface area (Å²) in [6, 6.07) is 9.70. The lowest BCUT2D eigenvalue weighted by molar-refractivity contribution is -0.136. The Morgan fingerprint density at radius 1 is 1.30 bits per heavy atom. The Balaban J connectivity index is 1.69. The van der Waals surface area contributed by atoms with Crippen molar-refractivity contribution in [3.8, 4) is 0 Å². The Morgan fingerprint density at radius 3 is 2.65 bits per heavy atom. The molecule has 20 heavy (non-hydrogen) atoms. The van der Waals surface area contributed by atoms with Crippen LogP contribution in [0.2, 0.25) is 0 Å². The summed E-state index contributed by atoms with van der Waals surface area (Å²) in [5.74, 6) is 0.407. The van der Waals surface area contributed by atoms with E-state index in [4.69, 9.17) is 4.84 Å². The zero-order valence-corrected chi connectivity index (χ0v) is 11.8. The van der Waals surface area contributed by atoms with Crippen molar-refractivity contribution < 1.29 is 14.7 Å². The maximum absolute atomic E-state index is 11.8. The molecule has 2 N–H and O–H groups in total. The molecular formula is C16H23NO3. The van der Waals surface area contributed by atoms with Gasteiger partial charge in [0.05, 0.1) is 6.61 Å². The summed E-state index contributed by atoms with van der Waals surface area (Å²) in [6.07, 6.45) is 5.03. The second kappa shape index (κ2) is 8.02. The van der Waals surface area contributed by atoms with E-state index in [0.29, 0.717) is 18.9 Å². The Bertz CT molecular complexity index is 401. The third-order valence-corrected chi connectivity index (χ3v) is 4.02. The zero-order valence-electron chi connectivity index (χ0n) is 11.8.